The molecule has 0 atom stereocenters. The molecule has 0 spiro atoms. The second-order valence-electron chi connectivity index (χ2n) is 6.61. The third kappa shape index (κ3) is 3.74. The average Bonchev–Trinajstić information content (AvgIpc) is 3.18. The molecule has 1 heterocycles. The number of carbonyl (C=O) groups is 1. The van der Waals surface area contributed by atoms with Crippen LogP contribution in [0, 0.1) is 0 Å². The van der Waals surface area contributed by atoms with Gasteiger partial charge in [-0.25, -0.2) is 5.43 Å². The van der Waals surface area contributed by atoms with Crippen LogP contribution in [0.2, 0.25) is 0 Å². The zero-order chi connectivity index (χ0) is 19.3. The summed E-state index contributed by atoms with van der Waals surface area (Å²) < 4.78 is 5.26. The molecule has 1 amide bonds. The van der Waals surface area contributed by atoms with Crippen molar-refractivity contribution in [2.24, 2.45) is 5.10 Å². The van der Waals surface area contributed by atoms with Gasteiger partial charge in [-0.3, -0.25) is 4.79 Å². The average molecular weight is 371 g/mol. The van der Waals surface area contributed by atoms with Crippen LogP contribution >= 0.6 is 0 Å². The fourth-order valence-electron chi connectivity index (χ4n) is 3.34. The lowest BCUT2D eigenvalue weighted by Gasteiger charge is -2.17. The van der Waals surface area contributed by atoms with Gasteiger partial charge in [0.05, 0.1) is 13.3 Å². The van der Waals surface area contributed by atoms with Gasteiger partial charge in [-0.15, -0.1) is 0 Å². The van der Waals surface area contributed by atoms with Crippen LogP contribution in [0.5, 0.6) is 5.75 Å². The van der Waals surface area contributed by atoms with Gasteiger partial charge >= 0.3 is 0 Å². The Balaban J connectivity index is 1.39. The van der Waals surface area contributed by atoms with Gasteiger partial charge in [-0.05, 0) is 47.5 Å². The van der Waals surface area contributed by atoms with Crippen LogP contribution in [-0.2, 0) is 13.1 Å². The van der Waals surface area contributed by atoms with E-state index in [9.17, 15) is 4.79 Å². The SMILES string of the molecule is COc1ccccc1/C=N\NC(=O)c1ccc(N2Cc3ccccc3C2)cc1. The number of methoxy groups -OCH3 is 1. The van der Waals surface area contributed by atoms with E-state index in [1.54, 1.807) is 13.3 Å². The fraction of sp³-hybridized carbons (Fsp3) is 0.130. The smallest absolute Gasteiger partial charge is 0.271 e. The minimum atomic E-state index is -0.248. The number of hydrogen-bond donors (Lipinski definition) is 1. The second kappa shape index (κ2) is 7.96. The van der Waals surface area contributed by atoms with Gasteiger partial charge in [0, 0.05) is 29.9 Å². The van der Waals surface area contributed by atoms with E-state index in [0.717, 1.165) is 24.3 Å². The standard InChI is InChI=1S/C23H21N3O2/c1-28-22-9-5-4-6-18(22)14-24-25-23(27)17-10-12-21(13-11-17)26-15-19-7-2-3-8-20(19)16-26/h2-14H,15-16H2,1H3,(H,25,27)/b24-14-. The summed E-state index contributed by atoms with van der Waals surface area (Å²) in [4.78, 5) is 14.6. The molecule has 28 heavy (non-hydrogen) atoms. The van der Waals surface area contributed by atoms with Gasteiger partial charge in [-0.2, -0.15) is 5.10 Å². The van der Waals surface area contributed by atoms with Crippen molar-refractivity contribution in [1.29, 1.82) is 0 Å². The molecule has 1 aliphatic heterocycles. The molecule has 3 aromatic rings. The molecule has 3 aromatic carbocycles. The number of anilines is 1. The molecule has 0 aromatic heterocycles. The summed E-state index contributed by atoms with van der Waals surface area (Å²) in [5.74, 6) is 0.457. The Hall–Kier alpha value is -3.60. The number of nitrogens with zero attached hydrogens (tertiary/aromatic N) is 2. The molecule has 5 nitrogen and oxygen atoms in total. The summed E-state index contributed by atoms with van der Waals surface area (Å²) in [6.45, 7) is 1.79. The van der Waals surface area contributed by atoms with E-state index in [-0.39, 0.29) is 5.91 Å². The molecule has 4 rings (SSSR count). The summed E-state index contributed by atoms with van der Waals surface area (Å²) in [5.41, 5.74) is 7.75. The van der Waals surface area contributed by atoms with Crippen molar-refractivity contribution in [2.45, 2.75) is 13.1 Å². The molecule has 0 saturated heterocycles. The lowest BCUT2D eigenvalue weighted by Crippen LogP contribution is -2.18. The Bertz CT molecular complexity index is 987. The van der Waals surface area contributed by atoms with Gasteiger partial charge in [0.2, 0.25) is 0 Å². The highest BCUT2D eigenvalue weighted by molar-refractivity contribution is 5.95. The Morgan fingerprint density at radius 2 is 1.61 bits per heavy atom. The number of benzene rings is 3. The number of fused-ring (bicyclic) bond motifs is 1. The van der Waals surface area contributed by atoms with Crippen LogP contribution in [0.25, 0.3) is 0 Å². The fourth-order valence-corrected chi connectivity index (χ4v) is 3.34. The van der Waals surface area contributed by atoms with Crippen molar-refractivity contribution in [2.75, 3.05) is 12.0 Å². The van der Waals surface area contributed by atoms with Crippen molar-refractivity contribution >= 4 is 17.8 Å². The molecule has 1 aliphatic rings. The first kappa shape index (κ1) is 17.8. The molecule has 0 fully saturated rings. The molecule has 1 N–H and O–H groups in total. The van der Waals surface area contributed by atoms with Crippen molar-refractivity contribution in [3.8, 4) is 5.75 Å². The van der Waals surface area contributed by atoms with Gasteiger partial charge in [-0.1, -0.05) is 36.4 Å². The molecular weight excluding hydrogens is 350 g/mol. The monoisotopic (exact) mass is 371 g/mol. The van der Waals surface area contributed by atoms with Crippen molar-refractivity contribution in [3.05, 3.63) is 95.1 Å². The van der Waals surface area contributed by atoms with Crippen molar-refractivity contribution in [3.63, 3.8) is 0 Å². The Kier molecular flexibility index (Phi) is 5.06. The Labute approximate surface area is 164 Å². The first-order valence-corrected chi connectivity index (χ1v) is 9.13. The minimum absolute atomic E-state index is 0.248. The first-order chi connectivity index (χ1) is 13.7. The number of nitrogens with one attached hydrogen (secondary N) is 1. The molecule has 0 aliphatic carbocycles. The van der Waals surface area contributed by atoms with Crippen LogP contribution in [-0.4, -0.2) is 19.2 Å². The Morgan fingerprint density at radius 1 is 0.964 bits per heavy atom. The van der Waals surface area contributed by atoms with Crippen molar-refractivity contribution < 1.29 is 9.53 Å². The van der Waals surface area contributed by atoms with E-state index >= 15 is 0 Å². The third-order valence-corrected chi connectivity index (χ3v) is 4.84. The Morgan fingerprint density at radius 3 is 2.29 bits per heavy atom. The maximum atomic E-state index is 12.3. The molecule has 0 unspecified atom stereocenters. The van der Waals surface area contributed by atoms with E-state index in [0.29, 0.717) is 11.3 Å². The van der Waals surface area contributed by atoms with Crippen molar-refractivity contribution in [1.82, 2.24) is 5.43 Å². The number of amides is 1. The highest BCUT2D eigenvalue weighted by atomic mass is 16.5. The number of para-hydroxylation sites is 1. The maximum Gasteiger partial charge on any atom is 0.271 e. The normalized spacial score (nSPS) is 12.8. The topological polar surface area (TPSA) is 53.9 Å². The van der Waals surface area contributed by atoms with Crippen LogP contribution in [0.4, 0.5) is 5.69 Å². The minimum Gasteiger partial charge on any atom is -0.496 e. The predicted molar refractivity (Wildman–Crippen MR) is 111 cm³/mol. The third-order valence-electron chi connectivity index (χ3n) is 4.84. The molecule has 5 heteroatoms. The van der Waals surface area contributed by atoms with E-state index in [1.165, 1.54) is 11.1 Å². The number of hydrogen-bond acceptors (Lipinski definition) is 4. The van der Waals surface area contributed by atoms with E-state index in [4.69, 9.17) is 4.74 Å². The zero-order valence-electron chi connectivity index (χ0n) is 15.6. The summed E-state index contributed by atoms with van der Waals surface area (Å²) in [6.07, 6.45) is 1.58. The molecule has 0 saturated carbocycles. The summed E-state index contributed by atoms with van der Waals surface area (Å²) in [5, 5.41) is 4.04. The summed E-state index contributed by atoms with van der Waals surface area (Å²) in [6, 6.07) is 23.6. The second-order valence-corrected chi connectivity index (χ2v) is 6.61. The lowest BCUT2D eigenvalue weighted by molar-refractivity contribution is 0.0955. The van der Waals surface area contributed by atoms with Crippen LogP contribution in [0.15, 0.2) is 77.9 Å². The zero-order valence-corrected chi connectivity index (χ0v) is 15.6. The number of hydrazone groups is 1. The van der Waals surface area contributed by atoms with E-state index in [2.05, 4.69) is 39.7 Å². The molecule has 0 radical (unpaired) electrons. The highest BCUT2D eigenvalue weighted by Crippen LogP contribution is 2.28. The first-order valence-electron chi connectivity index (χ1n) is 9.13. The van der Waals surface area contributed by atoms with Gasteiger partial charge in [0.25, 0.3) is 5.91 Å². The molecular formula is C23H21N3O2. The van der Waals surface area contributed by atoms with E-state index in [1.807, 2.05) is 48.5 Å². The highest BCUT2D eigenvalue weighted by Gasteiger charge is 2.18. The van der Waals surface area contributed by atoms with Gasteiger partial charge < -0.3 is 9.64 Å². The molecule has 0 bridgehead atoms. The number of carbonyl (C=O) groups excluding carboxylic acids is 1. The number of ether oxygens (including phenoxy) is 1. The number of rotatable bonds is 5. The molecule has 140 valence electrons. The van der Waals surface area contributed by atoms with Crippen LogP contribution in [0.1, 0.15) is 27.0 Å². The lowest BCUT2D eigenvalue weighted by atomic mass is 10.1. The van der Waals surface area contributed by atoms with Crippen LogP contribution < -0.4 is 15.1 Å². The predicted octanol–water partition coefficient (Wildman–Crippen LogP) is 3.98. The largest absolute Gasteiger partial charge is 0.496 e. The summed E-state index contributed by atoms with van der Waals surface area (Å²) >= 11 is 0. The van der Waals surface area contributed by atoms with Crippen LogP contribution in [0.3, 0.4) is 0 Å². The van der Waals surface area contributed by atoms with Gasteiger partial charge in [0.1, 0.15) is 5.75 Å². The van der Waals surface area contributed by atoms with E-state index < -0.39 is 0 Å². The quantitative estimate of drug-likeness (QED) is 0.545. The van der Waals surface area contributed by atoms with Gasteiger partial charge in [0.15, 0.2) is 0 Å². The summed E-state index contributed by atoms with van der Waals surface area (Å²) in [7, 11) is 1.60. The maximum absolute atomic E-state index is 12.3.